The Morgan fingerprint density at radius 1 is 1.50 bits per heavy atom. The molecule has 6 nitrogen and oxygen atoms in total. The molecule has 0 aliphatic heterocycles. The first-order chi connectivity index (χ1) is 8.70. The number of nitrogens with one attached hydrogen (secondary N) is 2. The molecular formula is C12H15N5O. The van der Waals surface area contributed by atoms with Gasteiger partial charge in [0.05, 0.1) is 0 Å². The van der Waals surface area contributed by atoms with Gasteiger partial charge in [0, 0.05) is 12.6 Å². The number of rotatable bonds is 4. The molecule has 0 aliphatic rings. The Morgan fingerprint density at radius 3 is 3.06 bits per heavy atom. The van der Waals surface area contributed by atoms with E-state index in [4.69, 9.17) is 0 Å². The van der Waals surface area contributed by atoms with Crippen molar-refractivity contribution in [3.63, 3.8) is 0 Å². The van der Waals surface area contributed by atoms with Crippen LogP contribution in [0.2, 0.25) is 0 Å². The molecule has 2 aromatic heterocycles. The number of carbonyl (C=O) groups is 1. The Morgan fingerprint density at radius 2 is 2.33 bits per heavy atom. The largest absolute Gasteiger partial charge is 0.304 e. The van der Waals surface area contributed by atoms with Gasteiger partial charge in [0.15, 0.2) is 0 Å². The molecule has 0 saturated carbocycles. The number of aromatic amines is 1. The van der Waals surface area contributed by atoms with E-state index in [1.165, 1.54) is 0 Å². The second-order valence-electron chi connectivity index (χ2n) is 3.98. The van der Waals surface area contributed by atoms with Gasteiger partial charge in [-0.15, -0.1) is 5.10 Å². The Bertz CT molecular complexity index is 549. The summed E-state index contributed by atoms with van der Waals surface area (Å²) >= 11 is 0. The van der Waals surface area contributed by atoms with Crippen LogP contribution in [0, 0.1) is 6.92 Å². The van der Waals surface area contributed by atoms with Crippen LogP contribution in [-0.2, 0) is 6.42 Å². The molecule has 94 valence electrons. The van der Waals surface area contributed by atoms with Crippen molar-refractivity contribution >= 4 is 11.7 Å². The number of amides is 1. The summed E-state index contributed by atoms with van der Waals surface area (Å²) in [4.78, 5) is 20.1. The van der Waals surface area contributed by atoms with Crippen LogP contribution in [0.3, 0.4) is 0 Å². The van der Waals surface area contributed by atoms with Gasteiger partial charge in [-0.2, -0.15) is 0 Å². The van der Waals surface area contributed by atoms with Crippen molar-refractivity contribution in [1.29, 1.82) is 0 Å². The highest BCUT2D eigenvalue weighted by Crippen LogP contribution is 2.10. The zero-order valence-electron chi connectivity index (χ0n) is 10.4. The van der Waals surface area contributed by atoms with Crippen LogP contribution >= 0.6 is 0 Å². The predicted molar refractivity (Wildman–Crippen MR) is 67.3 cm³/mol. The maximum absolute atomic E-state index is 11.9. The van der Waals surface area contributed by atoms with Crippen molar-refractivity contribution in [2.24, 2.45) is 0 Å². The summed E-state index contributed by atoms with van der Waals surface area (Å²) in [6.45, 7) is 3.92. The molecule has 0 aromatic carbocycles. The van der Waals surface area contributed by atoms with E-state index in [1.807, 2.05) is 26.0 Å². The summed E-state index contributed by atoms with van der Waals surface area (Å²) in [5.74, 6) is 1.05. The highest BCUT2D eigenvalue weighted by Gasteiger charge is 2.13. The molecule has 0 atom stereocenters. The minimum Gasteiger partial charge on any atom is -0.304 e. The smallest absolute Gasteiger partial charge is 0.296 e. The van der Waals surface area contributed by atoms with Crippen LogP contribution in [0.4, 0.5) is 5.82 Å². The molecule has 0 fully saturated rings. The number of pyridine rings is 1. The van der Waals surface area contributed by atoms with Crippen molar-refractivity contribution in [3.05, 3.63) is 35.5 Å². The molecule has 6 heteroatoms. The van der Waals surface area contributed by atoms with E-state index < -0.39 is 0 Å². The van der Waals surface area contributed by atoms with E-state index in [0.717, 1.165) is 24.2 Å². The topological polar surface area (TPSA) is 83.6 Å². The fraction of sp³-hybridized carbons (Fsp3) is 0.333. The average Bonchev–Trinajstić information content (AvgIpc) is 2.81. The summed E-state index contributed by atoms with van der Waals surface area (Å²) in [5.41, 5.74) is 0.898. The second-order valence-corrected chi connectivity index (χ2v) is 3.98. The third-order valence-electron chi connectivity index (χ3n) is 2.46. The molecule has 0 radical (unpaired) electrons. The summed E-state index contributed by atoms with van der Waals surface area (Å²) in [7, 11) is 0. The SMILES string of the molecule is CCCc1nc(C(=O)Nc2ncccc2C)n[nH]1. The molecule has 0 unspecified atom stereocenters. The molecule has 0 spiro atoms. The molecule has 18 heavy (non-hydrogen) atoms. The lowest BCUT2D eigenvalue weighted by Gasteiger charge is -2.03. The standard InChI is InChI=1S/C12H15N5O/c1-3-5-9-14-11(17-16-9)12(18)15-10-8(2)6-4-7-13-10/h4,6-7H,3,5H2,1-2H3,(H,13,15,18)(H,14,16,17). The average molecular weight is 245 g/mol. The van der Waals surface area contributed by atoms with Gasteiger partial charge < -0.3 is 5.32 Å². The van der Waals surface area contributed by atoms with Gasteiger partial charge in [0.2, 0.25) is 5.82 Å². The number of H-pyrrole nitrogens is 1. The first kappa shape index (κ1) is 12.2. The van der Waals surface area contributed by atoms with Crippen molar-refractivity contribution < 1.29 is 4.79 Å². The van der Waals surface area contributed by atoms with Crippen molar-refractivity contribution in [3.8, 4) is 0 Å². The number of hydrogen-bond acceptors (Lipinski definition) is 4. The van der Waals surface area contributed by atoms with Crippen LogP contribution < -0.4 is 5.32 Å². The highest BCUT2D eigenvalue weighted by molar-refractivity contribution is 6.01. The normalized spacial score (nSPS) is 10.3. The van der Waals surface area contributed by atoms with Gasteiger partial charge in [-0.05, 0) is 25.0 Å². The summed E-state index contributed by atoms with van der Waals surface area (Å²) < 4.78 is 0. The zero-order chi connectivity index (χ0) is 13.0. The first-order valence-electron chi connectivity index (χ1n) is 5.85. The molecule has 0 bridgehead atoms. The number of nitrogens with zero attached hydrogens (tertiary/aromatic N) is 3. The molecular weight excluding hydrogens is 230 g/mol. The third-order valence-corrected chi connectivity index (χ3v) is 2.46. The van der Waals surface area contributed by atoms with Crippen LogP contribution in [-0.4, -0.2) is 26.1 Å². The Hall–Kier alpha value is -2.24. The van der Waals surface area contributed by atoms with Crippen molar-refractivity contribution in [2.75, 3.05) is 5.32 Å². The Balaban J connectivity index is 2.10. The van der Waals surface area contributed by atoms with E-state index in [0.29, 0.717) is 5.82 Å². The van der Waals surface area contributed by atoms with Crippen LogP contribution in [0.1, 0.15) is 35.4 Å². The molecule has 2 aromatic rings. The number of aromatic nitrogens is 4. The van der Waals surface area contributed by atoms with Crippen LogP contribution in [0.25, 0.3) is 0 Å². The van der Waals surface area contributed by atoms with E-state index in [2.05, 4.69) is 25.5 Å². The highest BCUT2D eigenvalue weighted by atomic mass is 16.2. The lowest BCUT2D eigenvalue weighted by atomic mass is 10.3. The minimum atomic E-state index is -0.351. The predicted octanol–water partition coefficient (Wildman–Crippen LogP) is 1.71. The molecule has 2 heterocycles. The molecule has 1 amide bonds. The lowest BCUT2D eigenvalue weighted by Crippen LogP contribution is -2.15. The third kappa shape index (κ3) is 2.71. The molecule has 2 rings (SSSR count). The quantitative estimate of drug-likeness (QED) is 0.859. The number of carbonyl (C=O) groups excluding carboxylic acids is 1. The van der Waals surface area contributed by atoms with Gasteiger partial charge in [-0.3, -0.25) is 9.89 Å². The van der Waals surface area contributed by atoms with E-state index in [1.54, 1.807) is 6.20 Å². The molecule has 0 aliphatic carbocycles. The van der Waals surface area contributed by atoms with Gasteiger partial charge in [0.25, 0.3) is 5.91 Å². The molecule has 2 N–H and O–H groups in total. The first-order valence-corrected chi connectivity index (χ1v) is 5.85. The monoisotopic (exact) mass is 245 g/mol. The van der Waals surface area contributed by atoms with E-state index in [9.17, 15) is 4.79 Å². The minimum absolute atomic E-state index is 0.142. The molecule has 0 saturated heterocycles. The fourth-order valence-corrected chi connectivity index (χ4v) is 1.53. The van der Waals surface area contributed by atoms with Gasteiger partial charge in [0.1, 0.15) is 11.6 Å². The Kier molecular flexibility index (Phi) is 3.66. The number of anilines is 1. The summed E-state index contributed by atoms with van der Waals surface area (Å²) in [6, 6.07) is 3.69. The van der Waals surface area contributed by atoms with E-state index in [-0.39, 0.29) is 11.7 Å². The maximum Gasteiger partial charge on any atom is 0.296 e. The maximum atomic E-state index is 11.9. The zero-order valence-corrected chi connectivity index (χ0v) is 10.4. The van der Waals surface area contributed by atoms with Crippen molar-refractivity contribution in [2.45, 2.75) is 26.7 Å². The fourth-order valence-electron chi connectivity index (χ4n) is 1.53. The van der Waals surface area contributed by atoms with Crippen molar-refractivity contribution in [1.82, 2.24) is 20.2 Å². The van der Waals surface area contributed by atoms with Gasteiger partial charge in [-0.1, -0.05) is 13.0 Å². The number of hydrogen-bond donors (Lipinski definition) is 2. The summed E-state index contributed by atoms with van der Waals surface area (Å²) in [5, 5.41) is 9.32. The van der Waals surface area contributed by atoms with Crippen LogP contribution in [0.15, 0.2) is 18.3 Å². The van der Waals surface area contributed by atoms with Gasteiger partial charge >= 0.3 is 0 Å². The Labute approximate surface area is 105 Å². The van der Waals surface area contributed by atoms with Gasteiger partial charge in [-0.25, -0.2) is 9.97 Å². The van der Waals surface area contributed by atoms with E-state index >= 15 is 0 Å². The second kappa shape index (κ2) is 5.39. The van der Waals surface area contributed by atoms with Crippen LogP contribution in [0.5, 0.6) is 0 Å². The number of aryl methyl sites for hydroxylation is 2. The lowest BCUT2D eigenvalue weighted by molar-refractivity contribution is 0.101. The summed E-state index contributed by atoms with van der Waals surface area (Å²) in [6.07, 6.45) is 3.36.